The van der Waals surface area contributed by atoms with Crippen molar-refractivity contribution in [1.29, 1.82) is 0 Å². The molecule has 1 saturated heterocycles. The molecule has 1 aromatic heterocycles. The topological polar surface area (TPSA) is 74.7 Å². The fourth-order valence-corrected chi connectivity index (χ4v) is 2.79. The van der Waals surface area contributed by atoms with Crippen molar-refractivity contribution in [2.75, 3.05) is 20.1 Å². The molecule has 2 heterocycles. The molecule has 1 aliphatic rings. The second-order valence-electron chi connectivity index (χ2n) is 5.71. The molecule has 20 heavy (non-hydrogen) atoms. The van der Waals surface area contributed by atoms with E-state index in [0.717, 1.165) is 25.4 Å². The number of nitrogen functional groups attached to an aromatic ring is 1. The molecule has 1 aliphatic heterocycles. The highest BCUT2D eigenvalue weighted by atomic mass is 16.3. The van der Waals surface area contributed by atoms with Crippen molar-refractivity contribution in [3.63, 3.8) is 0 Å². The van der Waals surface area contributed by atoms with Crippen molar-refractivity contribution < 1.29 is 9.21 Å². The Hall–Kier alpha value is -1.37. The van der Waals surface area contributed by atoms with Gasteiger partial charge < -0.3 is 4.42 Å². The van der Waals surface area contributed by atoms with Crippen molar-refractivity contribution >= 4 is 5.91 Å². The van der Waals surface area contributed by atoms with E-state index in [0.29, 0.717) is 23.4 Å². The molecule has 0 bridgehead atoms. The van der Waals surface area contributed by atoms with Crippen molar-refractivity contribution in [1.82, 2.24) is 15.2 Å². The number of hydrazine groups is 1. The molecule has 2 rings (SSSR count). The average Bonchev–Trinajstić information content (AvgIpc) is 2.75. The molecule has 3 N–H and O–H groups in total. The Morgan fingerprint density at radius 1 is 1.45 bits per heavy atom. The van der Waals surface area contributed by atoms with Crippen LogP contribution in [0.5, 0.6) is 0 Å². The normalized spacial score (nSPS) is 24.9. The van der Waals surface area contributed by atoms with Crippen LogP contribution in [0.3, 0.4) is 0 Å². The van der Waals surface area contributed by atoms with Gasteiger partial charge in [-0.1, -0.05) is 0 Å². The number of likely N-dealkylation sites (N-methyl/N-ethyl adjacent to an activating group) is 1. The smallest absolute Gasteiger partial charge is 0.268 e. The predicted octanol–water partition coefficient (Wildman–Crippen LogP) is 0.716. The molecule has 2 atom stereocenters. The quantitative estimate of drug-likeness (QED) is 0.485. The molecular formula is C14H24N4O2. The number of rotatable bonds is 3. The Labute approximate surface area is 119 Å². The zero-order valence-electron chi connectivity index (χ0n) is 12.6. The van der Waals surface area contributed by atoms with Crippen LogP contribution in [0.1, 0.15) is 35.7 Å². The first kappa shape index (κ1) is 15.0. The van der Waals surface area contributed by atoms with Gasteiger partial charge in [0.1, 0.15) is 11.5 Å². The zero-order valence-corrected chi connectivity index (χ0v) is 12.6. The number of aryl methyl sites for hydroxylation is 1. The lowest BCUT2D eigenvalue weighted by atomic mass is 10.1. The number of furan rings is 1. The highest BCUT2D eigenvalue weighted by Gasteiger charge is 2.27. The summed E-state index contributed by atoms with van der Waals surface area (Å²) in [5.74, 6) is 6.27. The van der Waals surface area contributed by atoms with Crippen LogP contribution in [0.4, 0.5) is 0 Å². The van der Waals surface area contributed by atoms with Gasteiger partial charge in [-0.15, -0.1) is 0 Å². The van der Waals surface area contributed by atoms with E-state index < -0.39 is 0 Å². The first-order valence-electron chi connectivity index (χ1n) is 6.97. The SMILES string of the molecule is Cc1oc(CN2CC(C)N(C)C(C)C2)cc1C(=O)NN. The number of carbonyl (C=O) groups is 1. The summed E-state index contributed by atoms with van der Waals surface area (Å²) >= 11 is 0. The van der Waals surface area contributed by atoms with Gasteiger partial charge in [0.2, 0.25) is 0 Å². The van der Waals surface area contributed by atoms with E-state index in [4.69, 9.17) is 10.3 Å². The average molecular weight is 280 g/mol. The van der Waals surface area contributed by atoms with Crippen LogP contribution in [0.25, 0.3) is 0 Å². The Morgan fingerprint density at radius 2 is 2.05 bits per heavy atom. The molecule has 2 unspecified atom stereocenters. The van der Waals surface area contributed by atoms with Gasteiger partial charge in [0.05, 0.1) is 12.1 Å². The maximum atomic E-state index is 11.6. The molecule has 0 spiro atoms. The molecule has 1 fully saturated rings. The van der Waals surface area contributed by atoms with Crippen molar-refractivity contribution in [2.45, 2.75) is 39.4 Å². The number of hydrogen-bond donors (Lipinski definition) is 2. The van der Waals surface area contributed by atoms with Crippen molar-refractivity contribution in [3.05, 3.63) is 23.2 Å². The van der Waals surface area contributed by atoms with Gasteiger partial charge in [-0.25, -0.2) is 5.84 Å². The van der Waals surface area contributed by atoms with Gasteiger partial charge >= 0.3 is 0 Å². The number of nitrogens with one attached hydrogen (secondary N) is 1. The van der Waals surface area contributed by atoms with Crippen LogP contribution < -0.4 is 11.3 Å². The summed E-state index contributed by atoms with van der Waals surface area (Å²) in [4.78, 5) is 16.3. The second kappa shape index (κ2) is 5.95. The number of carbonyl (C=O) groups excluding carboxylic acids is 1. The molecule has 0 radical (unpaired) electrons. The van der Waals surface area contributed by atoms with E-state index in [2.05, 4.69) is 36.1 Å². The van der Waals surface area contributed by atoms with Gasteiger partial charge in [-0.05, 0) is 33.9 Å². The number of amides is 1. The molecule has 1 aromatic rings. The Bertz CT molecular complexity index is 474. The maximum absolute atomic E-state index is 11.6. The van der Waals surface area contributed by atoms with Gasteiger partial charge in [0, 0.05) is 25.2 Å². The van der Waals surface area contributed by atoms with E-state index >= 15 is 0 Å². The maximum Gasteiger partial charge on any atom is 0.268 e. The van der Waals surface area contributed by atoms with E-state index in [1.54, 1.807) is 13.0 Å². The third kappa shape index (κ3) is 3.03. The molecular weight excluding hydrogens is 256 g/mol. The lowest BCUT2D eigenvalue weighted by Gasteiger charge is -2.42. The minimum absolute atomic E-state index is 0.308. The number of nitrogens with two attached hydrogens (primary N) is 1. The minimum Gasteiger partial charge on any atom is -0.464 e. The predicted molar refractivity (Wildman–Crippen MR) is 77.1 cm³/mol. The summed E-state index contributed by atoms with van der Waals surface area (Å²) in [7, 11) is 2.16. The zero-order chi connectivity index (χ0) is 14.9. The lowest BCUT2D eigenvalue weighted by molar-refractivity contribution is 0.0517. The summed E-state index contributed by atoms with van der Waals surface area (Å²) in [6.07, 6.45) is 0. The lowest BCUT2D eigenvalue weighted by Crippen LogP contribution is -2.54. The number of piperazine rings is 1. The van der Waals surface area contributed by atoms with Gasteiger partial charge in [-0.3, -0.25) is 20.0 Å². The number of hydrogen-bond acceptors (Lipinski definition) is 5. The van der Waals surface area contributed by atoms with Crippen molar-refractivity contribution in [3.8, 4) is 0 Å². The molecule has 0 saturated carbocycles. The third-order valence-electron chi connectivity index (χ3n) is 4.16. The van der Waals surface area contributed by atoms with Crippen LogP contribution in [0.15, 0.2) is 10.5 Å². The molecule has 6 nitrogen and oxygen atoms in total. The van der Waals surface area contributed by atoms with Gasteiger partial charge in [0.15, 0.2) is 0 Å². The first-order chi connectivity index (χ1) is 9.42. The molecule has 0 aromatic carbocycles. The van der Waals surface area contributed by atoms with Gasteiger partial charge in [0.25, 0.3) is 5.91 Å². The summed E-state index contributed by atoms with van der Waals surface area (Å²) in [5, 5.41) is 0. The third-order valence-corrected chi connectivity index (χ3v) is 4.16. The Morgan fingerprint density at radius 3 is 2.60 bits per heavy atom. The molecule has 112 valence electrons. The van der Waals surface area contributed by atoms with Crippen LogP contribution >= 0.6 is 0 Å². The van der Waals surface area contributed by atoms with Crippen LogP contribution in [0.2, 0.25) is 0 Å². The van der Waals surface area contributed by atoms with E-state index in [9.17, 15) is 4.79 Å². The highest BCUT2D eigenvalue weighted by Crippen LogP contribution is 2.19. The largest absolute Gasteiger partial charge is 0.464 e. The standard InChI is InChI=1S/C14H24N4O2/c1-9-6-18(7-10(2)17(9)4)8-12-5-13(11(3)20-12)14(19)16-15/h5,9-10H,6-8,15H2,1-4H3,(H,16,19). The summed E-state index contributed by atoms with van der Waals surface area (Å²) in [5.41, 5.74) is 2.65. The fourth-order valence-electron chi connectivity index (χ4n) is 2.79. The molecule has 1 amide bonds. The van der Waals surface area contributed by atoms with Crippen LogP contribution in [0, 0.1) is 6.92 Å². The molecule has 6 heteroatoms. The summed E-state index contributed by atoms with van der Waals surface area (Å²) < 4.78 is 5.67. The van der Waals surface area contributed by atoms with Crippen molar-refractivity contribution in [2.24, 2.45) is 5.84 Å². The van der Waals surface area contributed by atoms with E-state index in [1.165, 1.54) is 0 Å². The Balaban J connectivity index is 2.05. The highest BCUT2D eigenvalue weighted by molar-refractivity contribution is 5.94. The number of nitrogens with zero attached hydrogens (tertiary/aromatic N) is 2. The summed E-state index contributed by atoms with van der Waals surface area (Å²) in [6, 6.07) is 2.81. The van der Waals surface area contributed by atoms with Crippen LogP contribution in [-0.2, 0) is 6.54 Å². The Kier molecular flexibility index (Phi) is 4.47. The van der Waals surface area contributed by atoms with E-state index in [-0.39, 0.29) is 5.91 Å². The monoisotopic (exact) mass is 280 g/mol. The minimum atomic E-state index is -0.308. The van der Waals surface area contributed by atoms with Crippen LogP contribution in [-0.4, -0.2) is 47.9 Å². The fraction of sp³-hybridized carbons (Fsp3) is 0.643. The second-order valence-corrected chi connectivity index (χ2v) is 5.71. The first-order valence-corrected chi connectivity index (χ1v) is 6.97. The molecule has 0 aliphatic carbocycles. The van der Waals surface area contributed by atoms with Gasteiger partial charge in [-0.2, -0.15) is 0 Å². The summed E-state index contributed by atoms with van der Waals surface area (Å²) in [6.45, 7) is 8.95. The van der Waals surface area contributed by atoms with E-state index in [1.807, 2.05) is 0 Å².